The third kappa shape index (κ3) is 6.56. The van der Waals surface area contributed by atoms with E-state index in [1.807, 2.05) is 26.0 Å². The van der Waals surface area contributed by atoms with Crippen LogP contribution >= 0.6 is 11.6 Å². The van der Waals surface area contributed by atoms with Crippen LogP contribution in [0.5, 0.6) is 0 Å². The molecular weight excluding hydrogens is 416 g/mol. The Morgan fingerprint density at radius 2 is 1.94 bits per heavy atom. The number of allylic oxidation sites excluding steroid dienone is 3. The molecule has 0 N–H and O–H groups in total. The molecule has 1 aromatic carbocycles. The third-order valence-corrected chi connectivity index (χ3v) is 6.16. The van der Waals surface area contributed by atoms with Crippen LogP contribution in [0.1, 0.15) is 76.3 Å². The van der Waals surface area contributed by atoms with Crippen molar-refractivity contribution in [2.24, 2.45) is 4.99 Å². The summed E-state index contributed by atoms with van der Waals surface area (Å²) in [6.07, 6.45) is 13.5. The molecule has 0 amide bonds. The van der Waals surface area contributed by atoms with E-state index in [0.717, 1.165) is 48.9 Å². The molecule has 1 aromatic heterocycles. The van der Waals surface area contributed by atoms with Crippen LogP contribution in [0, 0.1) is 6.92 Å². The van der Waals surface area contributed by atoms with Crippen LogP contribution in [0.25, 0.3) is 16.8 Å². The topological polar surface area (TPSA) is 34.5 Å². The summed E-state index contributed by atoms with van der Waals surface area (Å²) in [6, 6.07) is 10.4. The van der Waals surface area contributed by atoms with Crippen molar-refractivity contribution in [3.8, 4) is 11.3 Å². The second-order valence-corrected chi connectivity index (χ2v) is 8.96. The Labute approximate surface area is 198 Å². The number of aryl methyl sites for hydroxylation is 1. The molecule has 0 bridgehead atoms. The average molecular weight is 451 g/mol. The number of rotatable bonds is 8. The first-order valence-corrected chi connectivity index (χ1v) is 12.2. The van der Waals surface area contributed by atoms with Gasteiger partial charge in [0.25, 0.3) is 0 Å². The lowest BCUT2D eigenvalue weighted by molar-refractivity contribution is 0.141. The van der Waals surface area contributed by atoms with Crippen LogP contribution in [0.15, 0.2) is 54.1 Å². The summed E-state index contributed by atoms with van der Waals surface area (Å²) in [6.45, 7) is 9.94. The number of hydrogen-bond donors (Lipinski definition) is 0. The zero-order valence-corrected chi connectivity index (χ0v) is 20.4. The Hall–Kier alpha value is -2.39. The van der Waals surface area contributed by atoms with Gasteiger partial charge in [0.1, 0.15) is 6.10 Å². The minimum Gasteiger partial charge on any atom is -0.478 e. The van der Waals surface area contributed by atoms with E-state index < -0.39 is 0 Å². The van der Waals surface area contributed by atoms with Gasteiger partial charge < -0.3 is 4.74 Å². The zero-order valence-electron chi connectivity index (χ0n) is 19.7. The van der Waals surface area contributed by atoms with E-state index in [1.165, 1.54) is 30.4 Å². The molecule has 0 unspecified atom stereocenters. The lowest BCUT2D eigenvalue weighted by Crippen LogP contribution is -2.19. The van der Waals surface area contributed by atoms with Crippen LogP contribution in [0.2, 0.25) is 5.02 Å². The van der Waals surface area contributed by atoms with Gasteiger partial charge in [0.15, 0.2) is 11.7 Å². The van der Waals surface area contributed by atoms with Gasteiger partial charge in [0, 0.05) is 12.5 Å². The number of benzene rings is 1. The van der Waals surface area contributed by atoms with Crippen molar-refractivity contribution in [3.05, 3.63) is 65.2 Å². The van der Waals surface area contributed by atoms with E-state index in [2.05, 4.69) is 48.8 Å². The lowest BCUT2D eigenvalue weighted by atomic mass is 9.98. The highest BCUT2D eigenvalue weighted by Crippen LogP contribution is 2.32. The van der Waals surface area contributed by atoms with E-state index in [0.29, 0.717) is 16.7 Å². The summed E-state index contributed by atoms with van der Waals surface area (Å²) in [5.41, 5.74) is 5.26. The SMILES string of the molecule is C=CC/C=C(\CCC)c1ccc(-c2nc(/N=C(\C)OC3CCCCC3)c(C)cc2Cl)cc1. The maximum absolute atomic E-state index is 6.58. The van der Waals surface area contributed by atoms with Gasteiger partial charge in [-0.3, -0.25) is 0 Å². The molecule has 0 aliphatic heterocycles. The number of aliphatic imine (C=N–C) groups is 1. The maximum atomic E-state index is 6.58. The molecule has 1 heterocycles. The van der Waals surface area contributed by atoms with Crippen LogP contribution in [0.3, 0.4) is 0 Å². The molecule has 1 aliphatic rings. The second kappa shape index (κ2) is 12.0. The summed E-state index contributed by atoms with van der Waals surface area (Å²) in [5, 5.41) is 0.635. The number of nitrogens with zero attached hydrogens (tertiary/aromatic N) is 2. The van der Waals surface area contributed by atoms with Crippen molar-refractivity contribution in [1.29, 1.82) is 0 Å². The molecule has 1 saturated carbocycles. The average Bonchev–Trinajstić information content (AvgIpc) is 2.79. The highest BCUT2D eigenvalue weighted by atomic mass is 35.5. The Morgan fingerprint density at radius 1 is 1.22 bits per heavy atom. The van der Waals surface area contributed by atoms with E-state index in [-0.39, 0.29) is 6.10 Å². The highest BCUT2D eigenvalue weighted by Gasteiger charge is 2.16. The van der Waals surface area contributed by atoms with Crippen molar-refractivity contribution in [1.82, 2.24) is 4.98 Å². The van der Waals surface area contributed by atoms with Gasteiger partial charge >= 0.3 is 0 Å². The van der Waals surface area contributed by atoms with Crippen molar-refractivity contribution >= 4 is 28.9 Å². The molecule has 1 aliphatic carbocycles. The first kappa shape index (κ1) is 24.3. The summed E-state index contributed by atoms with van der Waals surface area (Å²) < 4.78 is 6.09. The number of pyridine rings is 1. The van der Waals surface area contributed by atoms with E-state index in [9.17, 15) is 0 Å². The number of hydrogen-bond acceptors (Lipinski definition) is 3. The molecular formula is C28H35ClN2O. The van der Waals surface area contributed by atoms with Crippen LogP contribution in [0.4, 0.5) is 5.82 Å². The molecule has 0 saturated heterocycles. The minimum absolute atomic E-state index is 0.276. The van der Waals surface area contributed by atoms with Crippen molar-refractivity contribution in [2.75, 3.05) is 0 Å². The first-order valence-electron chi connectivity index (χ1n) is 11.8. The molecule has 4 heteroatoms. The molecule has 32 heavy (non-hydrogen) atoms. The zero-order chi connectivity index (χ0) is 22.9. The quantitative estimate of drug-likeness (QED) is 0.228. The van der Waals surface area contributed by atoms with E-state index in [1.54, 1.807) is 0 Å². The van der Waals surface area contributed by atoms with Gasteiger partial charge in [-0.15, -0.1) is 6.58 Å². The second-order valence-electron chi connectivity index (χ2n) is 8.55. The van der Waals surface area contributed by atoms with Gasteiger partial charge in [0.2, 0.25) is 0 Å². The van der Waals surface area contributed by atoms with E-state index >= 15 is 0 Å². The summed E-state index contributed by atoms with van der Waals surface area (Å²) in [4.78, 5) is 9.50. The third-order valence-electron chi connectivity index (χ3n) is 5.87. The maximum Gasteiger partial charge on any atom is 0.186 e. The lowest BCUT2D eigenvalue weighted by Gasteiger charge is -2.22. The fourth-order valence-corrected chi connectivity index (χ4v) is 4.50. The van der Waals surface area contributed by atoms with Crippen molar-refractivity contribution < 1.29 is 4.74 Å². The largest absolute Gasteiger partial charge is 0.478 e. The molecule has 3 nitrogen and oxygen atoms in total. The van der Waals surface area contributed by atoms with Gasteiger partial charge in [-0.05, 0) is 68.2 Å². The standard InChI is InChI=1S/C28H35ClN2O/c1-5-7-12-22(11-6-2)23-15-17-24(18-16-23)27-26(29)19-20(3)28(31-27)30-21(4)32-25-13-9-8-10-14-25/h5,12,15-19,25H,1,6-11,13-14H2,2-4H3/b22-12+,30-21+. The number of aromatic nitrogens is 1. The molecule has 0 radical (unpaired) electrons. The fraction of sp³-hybridized carbons (Fsp3) is 0.429. The van der Waals surface area contributed by atoms with Crippen LogP contribution in [-0.2, 0) is 4.74 Å². The van der Waals surface area contributed by atoms with Gasteiger partial charge in [0.05, 0.1) is 10.7 Å². The van der Waals surface area contributed by atoms with Gasteiger partial charge in [-0.25, -0.2) is 4.98 Å². The van der Waals surface area contributed by atoms with Crippen LogP contribution < -0.4 is 0 Å². The molecule has 0 atom stereocenters. The summed E-state index contributed by atoms with van der Waals surface area (Å²) >= 11 is 6.58. The molecule has 3 rings (SSSR count). The minimum atomic E-state index is 0.276. The van der Waals surface area contributed by atoms with Gasteiger partial charge in [-0.2, -0.15) is 4.99 Å². The van der Waals surface area contributed by atoms with Gasteiger partial charge in [-0.1, -0.05) is 67.8 Å². The van der Waals surface area contributed by atoms with E-state index in [4.69, 9.17) is 21.3 Å². The number of halogens is 1. The Morgan fingerprint density at radius 3 is 2.59 bits per heavy atom. The van der Waals surface area contributed by atoms with Crippen LogP contribution in [-0.4, -0.2) is 17.0 Å². The Balaban J connectivity index is 1.84. The molecule has 0 spiro atoms. The number of ether oxygens (including phenoxy) is 1. The smallest absolute Gasteiger partial charge is 0.186 e. The Bertz CT molecular complexity index is 970. The molecule has 2 aromatic rings. The molecule has 170 valence electrons. The fourth-order valence-electron chi connectivity index (χ4n) is 4.19. The predicted octanol–water partition coefficient (Wildman–Crippen LogP) is 8.87. The predicted molar refractivity (Wildman–Crippen MR) is 138 cm³/mol. The van der Waals surface area contributed by atoms with Crippen molar-refractivity contribution in [2.45, 2.75) is 78.2 Å². The first-order chi connectivity index (χ1) is 15.5. The normalized spacial score (nSPS) is 15.6. The Kier molecular flexibility index (Phi) is 9.11. The summed E-state index contributed by atoms with van der Waals surface area (Å²) in [7, 11) is 0. The molecule has 1 fully saturated rings. The highest BCUT2D eigenvalue weighted by molar-refractivity contribution is 6.33. The summed E-state index contributed by atoms with van der Waals surface area (Å²) in [5.74, 6) is 1.34. The van der Waals surface area contributed by atoms with Crippen molar-refractivity contribution in [3.63, 3.8) is 0 Å². The monoisotopic (exact) mass is 450 g/mol.